The first kappa shape index (κ1) is 24.6. The molecule has 0 saturated carbocycles. The molecule has 9 heteroatoms. The Morgan fingerprint density at radius 1 is 1.03 bits per heavy atom. The van der Waals surface area contributed by atoms with Gasteiger partial charge in [0, 0.05) is 29.3 Å². The zero-order chi connectivity index (χ0) is 25.3. The summed E-state index contributed by atoms with van der Waals surface area (Å²) >= 11 is 11.8. The molecule has 35 heavy (non-hydrogen) atoms. The van der Waals surface area contributed by atoms with Gasteiger partial charge in [-0.2, -0.15) is 23.5 Å². The summed E-state index contributed by atoms with van der Waals surface area (Å²) in [6.45, 7) is 1.98. The van der Waals surface area contributed by atoms with Gasteiger partial charge in [-0.15, -0.1) is 0 Å². The Hall–Kier alpha value is -3.47. The molecule has 1 heterocycles. The van der Waals surface area contributed by atoms with Crippen LogP contribution in [-0.4, -0.2) is 9.78 Å². The number of aromatic nitrogens is 2. The summed E-state index contributed by atoms with van der Waals surface area (Å²) in [5.74, 6) is 0.402. The first-order chi connectivity index (χ1) is 16.6. The SMILES string of the molecule is Cc1c(-c2cc(C#N)nn2C)ccc(OCc2ccc(Cl)cc2)c1-c1ccc(Cl)c(C(F)(F)F)c1. The highest BCUT2D eigenvalue weighted by Gasteiger charge is 2.34. The van der Waals surface area contributed by atoms with Crippen LogP contribution in [0.2, 0.25) is 10.0 Å². The van der Waals surface area contributed by atoms with Gasteiger partial charge in [-0.05, 0) is 60.0 Å². The number of alkyl halides is 3. The molecule has 0 radical (unpaired) electrons. The number of nitriles is 1. The quantitative estimate of drug-likeness (QED) is 0.272. The number of rotatable bonds is 5. The van der Waals surface area contributed by atoms with E-state index in [1.54, 1.807) is 49.0 Å². The number of benzene rings is 3. The molecule has 4 nitrogen and oxygen atoms in total. The second kappa shape index (κ2) is 9.65. The third kappa shape index (κ3) is 5.14. The lowest BCUT2D eigenvalue weighted by Gasteiger charge is -2.19. The maximum atomic E-state index is 13.6. The van der Waals surface area contributed by atoms with Crippen molar-refractivity contribution in [2.75, 3.05) is 0 Å². The molecule has 0 unspecified atom stereocenters. The van der Waals surface area contributed by atoms with Crippen LogP contribution in [0.25, 0.3) is 22.4 Å². The molecule has 0 aliphatic heterocycles. The van der Waals surface area contributed by atoms with Crippen LogP contribution in [0, 0.1) is 18.3 Å². The lowest BCUT2D eigenvalue weighted by atomic mass is 9.92. The third-order valence-electron chi connectivity index (χ3n) is 5.57. The van der Waals surface area contributed by atoms with E-state index in [1.807, 2.05) is 18.2 Å². The van der Waals surface area contributed by atoms with E-state index in [-0.39, 0.29) is 17.3 Å². The zero-order valence-corrected chi connectivity index (χ0v) is 20.1. The van der Waals surface area contributed by atoms with Crippen molar-refractivity contribution in [3.8, 4) is 34.2 Å². The van der Waals surface area contributed by atoms with Crippen molar-refractivity contribution in [1.82, 2.24) is 9.78 Å². The van der Waals surface area contributed by atoms with Gasteiger partial charge in [0.25, 0.3) is 0 Å². The highest BCUT2D eigenvalue weighted by atomic mass is 35.5. The summed E-state index contributed by atoms with van der Waals surface area (Å²) in [6, 6.07) is 18.0. The minimum absolute atomic E-state index is 0.187. The molecule has 0 atom stereocenters. The van der Waals surface area contributed by atoms with Crippen LogP contribution in [0.15, 0.2) is 60.7 Å². The minimum atomic E-state index is -4.62. The Kier molecular flexibility index (Phi) is 6.79. The van der Waals surface area contributed by atoms with E-state index >= 15 is 0 Å². The summed E-state index contributed by atoms with van der Waals surface area (Å²) in [5.41, 5.74) is 2.96. The van der Waals surface area contributed by atoms with Crippen molar-refractivity contribution in [1.29, 1.82) is 5.26 Å². The molecule has 0 aliphatic rings. The number of hydrogen-bond acceptors (Lipinski definition) is 3. The minimum Gasteiger partial charge on any atom is -0.488 e. The highest BCUT2D eigenvalue weighted by Crippen LogP contribution is 2.43. The average Bonchev–Trinajstić information content (AvgIpc) is 3.19. The fraction of sp³-hybridized carbons (Fsp3) is 0.154. The smallest absolute Gasteiger partial charge is 0.417 e. The summed E-state index contributed by atoms with van der Waals surface area (Å²) < 4.78 is 48.5. The summed E-state index contributed by atoms with van der Waals surface area (Å²) in [5, 5.41) is 13.6. The molecule has 0 N–H and O–H groups in total. The van der Waals surface area contributed by atoms with Gasteiger partial charge in [0.05, 0.1) is 16.3 Å². The molecule has 4 rings (SSSR count). The largest absolute Gasteiger partial charge is 0.488 e. The number of nitrogens with zero attached hydrogens (tertiary/aromatic N) is 3. The van der Waals surface area contributed by atoms with Crippen molar-refractivity contribution in [2.24, 2.45) is 7.05 Å². The van der Waals surface area contributed by atoms with E-state index in [2.05, 4.69) is 5.10 Å². The molecule has 0 amide bonds. The predicted octanol–water partition coefficient (Wildman–Crippen LogP) is 7.84. The van der Waals surface area contributed by atoms with Crippen LogP contribution >= 0.6 is 23.2 Å². The topological polar surface area (TPSA) is 50.8 Å². The monoisotopic (exact) mass is 515 g/mol. The highest BCUT2D eigenvalue weighted by molar-refractivity contribution is 6.31. The Labute approximate surface area is 210 Å². The number of ether oxygens (including phenoxy) is 1. The Morgan fingerprint density at radius 3 is 2.37 bits per heavy atom. The predicted molar refractivity (Wildman–Crippen MR) is 129 cm³/mol. The summed E-state index contributed by atoms with van der Waals surface area (Å²) in [4.78, 5) is 0. The second-order valence-electron chi connectivity index (χ2n) is 7.87. The van der Waals surface area contributed by atoms with E-state index in [1.165, 1.54) is 12.1 Å². The average molecular weight is 516 g/mol. The van der Waals surface area contributed by atoms with Crippen LogP contribution in [0.1, 0.15) is 22.4 Å². The van der Waals surface area contributed by atoms with Gasteiger partial charge in [0.2, 0.25) is 0 Å². The lowest BCUT2D eigenvalue weighted by molar-refractivity contribution is -0.137. The van der Waals surface area contributed by atoms with Crippen molar-refractivity contribution in [3.63, 3.8) is 0 Å². The number of aryl methyl sites for hydroxylation is 1. The van der Waals surface area contributed by atoms with Crippen LogP contribution in [0.3, 0.4) is 0 Å². The number of halogens is 5. The lowest BCUT2D eigenvalue weighted by Crippen LogP contribution is -2.06. The molecule has 0 aliphatic carbocycles. The fourth-order valence-electron chi connectivity index (χ4n) is 3.86. The van der Waals surface area contributed by atoms with Crippen LogP contribution in [-0.2, 0) is 19.8 Å². The van der Waals surface area contributed by atoms with E-state index in [4.69, 9.17) is 27.9 Å². The van der Waals surface area contributed by atoms with Crippen LogP contribution in [0.5, 0.6) is 5.75 Å². The molecular weight excluding hydrogens is 498 g/mol. The molecule has 178 valence electrons. The van der Waals surface area contributed by atoms with Crippen LogP contribution < -0.4 is 4.74 Å². The molecule has 1 aromatic heterocycles. The maximum Gasteiger partial charge on any atom is 0.417 e. The van der Waals surface area contributed by atoms with Gasteiger partial charge in [-0.1, -0.05) is 41.4 Å². The van der Waals surface area contributed by atoms with Crippen LogP contribution in [0.4, 0.5) is 13.2 Å². The van der Waals surface area contributed by atoms with Crippen molar-refractivity contribution < 1.29 is 17.9 Å². The van der Waals surface area contributed by atoms with Gasteiger partial charge >= 0.3 is 6.18 Å². The Balaban J connectivity index is 1.87. The second-order valence-corrected chi connectivity index (χ2v) is 8.71. The van der Waals surface area contributed by atoms with E-state index in [0.717, 1.165) is 11.6 Å². The Bertz CT molecular complexity index is 1440. The van der Waals surface area contributed by atoms with E-state index < -0.39 is 11.7 Å². The molecule has 0 spiro atoms. The van der Waals surface area contributed by atoms with Crippen molar-refractivity contribution >= 4 is 23.2 Å². The van der Waals surface area contributed by atoms with Gasteiger partial charge in [0.1, 0.15) is 18.4 Å². The molecule has 0 saturated heterocycles. The molecular formula is C26H18Cl2F3N3O. The normalized spacial score (nSPS) is 11.4. The van der Waals surface area contributed by atoms with E-state index in [9.17, 15) is 18.4 Å². The van der Waals surface area contributed by atoms with Gasteiger partial charge < -0.3 is 4.74 Å². The summed E-state index contributed by atoms with van der Waals surface area (Å²) in [7, 11) is 1.70. The molecule has 0 fully saturated rings. The molecule has 4 aromatic rings. The van der Waals surface area contributed by atoms with Gasteiger partial charge in [-0.3, -0.25) is 4.68 Å². The zero-order valence-electron chi connectivity index (χ0n) is 18.6. The van der Waals surface area contributed by atoms with Gasteiger partial charge in [-0.25, -0.2) is 0 Å². The van der Waals surface area contributed by atoms with Crippen molar-refractivity contribution in [3.05, 3.63) is 93.1 Å². The third-order valence-corrected chi connectivity index (χ3v) is 6.15. The van der Waals surface area contributed by atoms with Crippen molar-refractivity contribution in [2.45, 2.75) is 19.7 Å². The fourth-order valence-corrected chi connectivity index (χ4v) is 4.21. The first-order valence-corrected chi connectivity index (χ1v) is 11.2. The van der Waals surface area contributed by atoms with E-state index in [0.29, 0.717) is 38.7 Å². The van der Waals surface area contributed by atoms with Gasteiger partial charge in [0.15, 0.2) is 5.69 Å². The number of hydrogen-bond donors (Lipinski definition) is 0. The maximum absolute atomic E-state index is 13.6. The Morgan fingerprint density at radius 2 is 1.74 bits per heavy atom. The first-order valence-electron chi connectivity index (χ1n) is 10.4. The molecule has 3 aromatic carbocycles. The standard InChI is InChI=1S/C26H18Cl2F3N3O/c1-15-20(23-12-19(13-32)33-34(23)2)8-10-24(35-14-16-3-6-18(27)7-4-16)25(15)17-5-9-22(28)21(11-17)26(29,30)31/h3-12H,14H2,1-2H3. The summed E-state index contributed by atoms with van der Waals surface area (Å²) in [6.07, 6.45) is -4.62. The molecule has 0 bridgehead atoms.